The third-order valence-electron chi connectivity index (χ3n) is 6.91. The molecule has 2 heterocycles. The highest BCUT2D eigenvalue weighted by Gasteiger charge is 2.43. The fourth-order valence-electron chi connectivity index (χ4n) is 4.75. The number of aromatic nitrogens is 3. The van der Waals surface area contributed by atoms with Crippen molar-refractivity contribution < 1.29 is 36.7 Å². The molecule has 0 aliphatic carbocycles. The van der Waals surface area contributed by atoms with Crippen LogP contribution in [0.1, 0.15) is 24.5 Å². The Labute approximate surface area is 270 Å². The number of hydrogen-bond donors (Lipinski definition) is 1. The van der Waals surface area contributed by atoms with Crippen LogP contribution in [0.4, 0.5) is 44.2 Å². The molecule has 4 aromatic rings. The Morgan fingerprint density at radius 3 is 2.51 bits per heavy atom. The number of aryl methyl sites for hydroxylation is 2. The molecule has 0 bridgehead atoms. The van der Waals surface area contributed by atoms with Gasteiger partial charge >= 0.3 is 18.4 Å². The first-order chi connectivity index (χ1) is 22.4. The summed E-state index contributed by atoms with van der Waals surface area (Å²) in [4.78, 5) is 46.5. The molecule has 1 N–H and O–H groups in total. The highest BCUT2D eigenvalue weighted by Crippen LogP contribution is 2.32. The van der Waals surface area contributed by atoms with Gasteiger partial charge in [0.1, 0.15) is 12.1 Å². The maximum Gasteiger partial charge on any atom is 0.494 e. The van der Waals surface area contributed by atoms with Gasteiger partial charge in [-0.25, -0.2) is 23.6 Å². The number of carbonyl (C=O) groups excluding carboxylic acids is 3. The van der Waals surface area contributed by atoms with Crippen LogP contribution in [0.15, 0.2) is 72.0 Å². The molecule has 1 aliphatic heterocycles. The topological polar surface area (TPSA) is 122 Å². The molecule has 3 aromatic carbocycles. The molecule has 1 aliphatic rings. The lowest BCUT2D eigenvalue weighted by Gasteiger charge is -2.23. The lowest BCUT2D eigenvalue weighted by Crippen LogP contribution is -2.43. The number of ether oxygens (including phenoxy) is 1. The zero-order chi connectivity index (χ0) is 33.9. The summed E-state index contributed by atoms with van der Waals surface area (Å²) in [5.41, 5.74) is 2.48. The van der Waals surface area contributed by atoms with Crippen molar-refractivity contribution in [1.82, 2.24) is 14.8 Å². The number of aliphatic imine (C=N–C) groups is 1. The van der Waals surface area contributed by atoms with Crippen LogP contribution in [0.3, 0.4) is 0 Å². The summed E-state index contributed by atoms with van der Waals surface area (Å²) in [5, 5.41) is 6.85. The van der Waals surface area contributed by atoms with E-state index in [1.807, 2.05) is 32.0 Å². The van der Waals surface area contributed by atoms with Gasteiger partial charge in [0.15, 0.2) is 11.0 Å². The summed E-state index contributed by atoms with van der Waals surface area (Å²) in [5.74, 6) is -0.817. The van der Waals surface area contributed by atoms with Gasteiger partial charge in [-0.2, -0.15) is 9.89 Å². The highest BCUT2D eigenvalue weighted by molar-refractivity contribution is 8.15. The number of thioether (sulfide) groups is 1. The molecule has 0 radical (unpaired) electrons. The quantitative estimate of drug-likeness (QED) is 0.165. The van der Waals surface area contributed by atoms with Crippen molar-refractivity contribution in [2.75, 3.05) is 28.0 Å². The average molecular weight is 670 g/mol. The second-order valence-electron chi connectivity index (χ2n) is 10.2. The Balaban J connectivity index is 1.31. The van der Waals surface area contributed by atoms with Crippen LogP contribution in [0, 0.1) is 12.7 Å². The third-order valence-corrected chi connectivity index (χ3v) is 7.83. The Kier molecular flexibility index (Phi) is 9.60. The number of nitrogens with one attached hydrogen (secondary N) is 1. The number of alkyl halides is 3. The first kappa shape index (κ1) is 33.1. The summed E-state index contributed by atoms with van der Waals surface area (Å²) in [6.07, 6.45) is -3.73. The summed E-state index contributed by atoms with van der Waals surface area (Å²) in [6.45, 7) is 3.93. The highest BCUT2D eigenvalue weighted by atomic mass is 32.2. The lowest BCUT2D eigenvalue weighted by atomic mass is 10.0. The van der Waals surface area contributed by atoms with Gasteiger partial charge in [-0.15, -0.1) is 18.3 Å². The number of hydrogen-bond acceptors (Lipinski definition) is 7. The van der Waals surface area contributed by atoms with Crippen molar-refractivity contribution in [2.45, 2.75) is 33.0 Å². The molecule has 11 nitrogen and oxygen atoms in total. The van der Waals surface area contributed by atoms with E-state index in [1.54, 1.807) is 0 Å². The van der Waals surface area contributed by atoms with Gasteiger partial charge in [0.2, 0.25) is 5.91 Å². The van der Waals surface area contributed by atoms with E-state index in [0.29, 0.717) is 11.4 Å². The molecule has 1 aromatic heterocycles. The molecule has 47 heavy (non-hydrogen) atoms. The molecule has 0 atom stereocenters. The summed E-state index contributed by atoms with van der Waals surface area (Å²) >= 11 is 1.11. The van der Waals surface area contributed by atoms with Crippen LogP contribution in [0.2, 0.25) is 0 Å². The van der Waals surface area contributed by atoms with E-state index >= 15 is 4.39 Å². The Morgan fingerprint density at radius 2 is 1.85 bits per heavy atom. The number of halogens is 4. The molecule has 244 valence electrons. The minimum Gasteiger partial charge on any atom is -0.452 e. The van der Waals surface area contributed by atoms with Gasteiger partial charge in [-0.3, -0.25) is 9.69 Å². The van der Waals surface area contributed by atoms with E-state index in [1.165, 1.54) is 40.2 Å². The molecule has 0 unspecified atom stereocenters. The monoisotopic (exact) mass is 669 g/mol. The zero-order valence-corrected chi connectivity index (χ0v) is 26.0. The Hall–Kier alpha value is -5.25. The van der Waals surface area contributed by atoms with E-state index < -0.39 is 34.8 Å². The van der Waals surface area contributed by atoms with Crippen LogP contribution in [-0.2, 0) is 16.0 Å². The van der Waals surface area contributed by atoms with Crippen molar-refractivity contribution in [3.8, 4) is 17.1 Å². The molecule has 1 fully saturated rings. The van der Waals surface area contributed by atoms with E-state index in [2.05, 4.69) is 25.1 Å². The van der Waals surface area contributed by atoms with Gasteiger partial charge in [-0.1, -0.05) is 37.2 Å². The van der Waals surface area contributed by atoms with Crippen LogP contribution in [0.5, 0.6) is 0 Å². The lowest BCUT2D eigenvalue weighted by molar-refractivity contribution is -0.124. The van der Waals surface area contributed by atoms with Crippen LogP contribution < -0.4 is 15.1 Å². The fourth-order valence-corrected chi connectivity index (χ4v) is 5.61. The van der Waals surface area contributed by atoms with Gasteiger partial charge in [-0.05, 0) is 73.0 Å². The normalized spacial score (nSPS) is 14.1. The third kappa shape index (κ3) is 7.27. The van der Waals surface area contributed by atoms with Crippen molar-refractivity contribution in [3.05, 3.63) is 83.9 Å². The first-order valence-electron chi connectivity index (χ1n) is 14.1. The van der Waals surface area contributed by atoms with Crippen LogP contribution >= 0.6 is 11.8 Å². The van der Waals surface area contributed by atoms with E-state index in [0.717, 1.165) is 61.0 Å². The molecule has 0 saturated carbocycles. The number of rotatable bonds is 7. The molecular formula is C31H27F4N7O4S. The number of urea groups is 1. The van der Waals surface area contributed by atoms with Crippen molar-refractivity contribution in [1.29, 1.82) is 0 Å². The number of amidine groups is 1. The Morgan fingerprint density at radius 1 is 1.11 bits per heavy atom. The summed E-state index contributed by atoms with van der Waals surface area (Å²) in [6, 6.07) is 13.5. The molecule has 4 amide bonds. The first-order valence-corrected chi connectivity index (χ1v) is 15.1. The predicted molar refractivity (Wildman–Crippen MR) is 169 cm³/mol. The predicted octanol–water partition coefficient (Wildman–Crippen LogP) is 7.09. The standard InChI is InChI=1S/C31H27F4N7O4S/c1-4-5-19-7-6-18(2)14-25(19)41-26(43)16-47-29(41)38-28(44)37-24-13-8-20(15-23(24)32)27-36-17-40(39-27)21-9-11-22(12-10-21)42(30(45)46-3)31(33,34)35/h6-15,17H,4-5,16H2,1-3H3,(H,37,44)/b38-29-. The average Bonchev–Trinajstić information content (AvgIpc) is 3.66. The van der Waals surface area contributed by atoms with Gasteiger partial charge in [0.25, 0.3) is 0 Å². The second kappa shape index (κ2) is 13.6. The smallest absolute Gasteiger partial charge is 0.452 e. The largest absolute Gasteiger partial charge is 0.494 e. The maximum atomic E-state index is 15.1. The molecule has 1 saturated heterocycles. The van der Waals surface area contributed by atoms with Gasteiger partial charge < -0.3 is 10.1 Å². The van der Waals surface area contributed by atoms with Gasteiger partial charge in [0.05, 0.1) is 35.6 Å². The minimum atomic E-state index is -5.01. The van der Waals surface area contributed by atoms with Crippen molar-refractivity contribution >= 4 is 52.0 Å². The number of anilines is 3. The molecule has 0 spiro atoms. The number of benzene rings is 3. The van der Waals surface area contributed by atoms with Gasteiger partial charge in [0, 0.05) is 5.56 Å². The number of nitrogens with zero attached hydrogens (tertiary/aromatic N) is 6. The Bertz CT molecular complexity index is 1860. The number of amides is 4. The molecule has 5 rings (SSSR count). The van der Waals surface area contributed by atoms with Crippen molar-refractivity contribution in [3.63, 3.8) is 0 Å². The minimum absolute atomic E-state index is 0.0927. The van der Waals surface area contributed by atoms with Crippen molar-refractivity contribution in [2.24, 2.45) is 4.99 Å². The summed E-state index contributed by atoms with van der Waals surface area (Å²) < 4.78 is 60.6. The van der Waals surface area contributed by atoms with E-state index in [4.69, 9.17) is 0 Å². The van der Waals surface area contributed by atoms with E-state index in [-0.39, 0.29) is 33.9 Å². The zero-order valence-electron chi connectivity index (χ0n) is 25.2. The SMILES string of the molecule is CCCc1ccc(C)cc1N1C(=O)CS/C1=N\C(=O)Nc1ccc(-c2ncn(-c3ccc(N(C(=O)OC)C(F)(F)F)cc3)n2)cc1F. The second-order valence-corrected chi connectivity index (χ2v) is 11.2. The van der Waals surface area contributed by atoms with Crippen LogP contribution in [-0.4, -0.2) is 57.1 Å². The molecule has 16 heteroatoms. The summed E-state index contributed by atoms with van der Waals surface area (Å²) in [7, 11) is 0.839. The molecular weight excluding hydrogens is 642 g/mol. The fraction of sp³-hybridized carbons (Fsp3) is 0.226. The van der Waals surface area contributed by atoms with Crippen LogP contribution in [0.25, 0.3) is 17.1 Å². The number of carbonyl (C=O) groups is 3. The van der Waals surface area contributed by atoms with E-state index in [9.17, 15) is 27.6 Å². The number of methoxy groups -OCH3 is 1. The maximum absolute atomic E-state index is 15.1.